The molecular formula is C19H17ClN2O4. The van der Waals surface area contributed by atoms with E-state index >= 15 is 0 Å². The zero-order valence-electron chi connectivity index (χ0n) is 14.3. The predicted molar refractivity (Wildman–Crippen MR) is 98.5 cm³/mol. The maximum absolute atomic E-state index is 12.3. The van der Waals surface area contributed by atoms with Crippen LogP contribution in [0.5, 0.6) is 5.75 Å². The van der Waals surface area contributed by atoms with Crippen molar-refractivity contribution < 1.29 is 18.7 Å². The molecule has 2 N–H and O–H groups in total. The summed E-state index contributed by atoms with van der Waals surface area (Å²) in [6.07, 6.45) is 0. The molecule has 134 valence electrons. The number of rotatable bonds is 4. The molecule has 0 fully saturated rings. The van der Waals surface area contributed by atoms with Gasteiger partial charge in [0, 0.05) is 16.5 Å². The van der Waals surface area contributed by atoms with Crippen molar-refractivity contribution in [2.24, 2.45) is 0 Å². The lowest BCUT2D eigenvalue weighted by atomic mass is 10.1. The maximum atomic E-state index is 12.3. The summed E-state index contributed by atoms with van der Waals surface area (Å²) < 4.78 is 10.9. The van der Waals surface area contributed by atoms with Gasteiger partial charge in [0.15, 0.2) is 11.3 Å². The summed E-state index contributed by atoms with van der Waals surface area (Å²) in [5.41, 5.74) is 6.19. The van der Waals surface area contributed by atoms with E-state index < -0.39 is 11.8 Å². The summed E-state index contributed by atoms with van der Waals surface area (Å²) in [6.45, 7) is 4.18. The van der Waals surface area contributed by atoms with Crippen LogP contribution in [0, 0.1) is 6.92 Å². The van der Waals surface area contributed by atoms with Gasteiger partial charge in [0.25, 0.3) is 5.91 Å². The Morgan fingerprint density at radius 1 is 1.08 bits per heavy atom. The smallest absolute Gasteiger partial charge is 0.305 e. The number of benzene rings is 2. The van der Waals surface area contributed by atoms with Gasteiger partial charge in [-0.25, -0.2) is 0 Å². The lowest BCUT2D eigenvalue weighted by Gasteiger charge is -2.07. The van der Waals surface area contributed by atoms with Gasteiger partial charge in [0.1, 0.15) is 5.75 Å². The van der Waals surface area contributed by atoms with Crippen LogP contribution in [0.3, 0.4) is 0 Å². The molecule has 2 aromatic carbocycles. The Labute approximate surface area is 155 Å². The fourth-order valence-corrected chi connectivity index (χ4v) is 2.75. The highest BCUT2D eigenvalue weighted by atomic mass is 35.5. The number of fused-ring (bicyclic) bond motifs is 1. The Morgan fingerprint density at radius 3 is 2.42 bits per heavy atom. The van der Waals surface area contributed by atoms with Crippen molar-refractivity contribution in [1.82, 2.24) is 10.9 Å². The highest BCUT2D eigenvalue weighted by molar-refractivity contribution is 6.35. The summed E-state index contributed by atoms with van der Waals surface area (Å²) >= 11 is 6.08. The van der Waals surface area contributed by atoms with Crippen LogP contribution in [-0.4, -0.2) is 18.4 Å². The minimum absolute atomic E-state index is 0.0973. The lowest BCUT2D eigenvalue weighted by molar-refractivity contribution is 0.0831. The maximum Gasteiger partial charge on any atom is 0.305 e. The van der Waals surface area contributed by atoms with Crippen molar-refractivity contribution in [2.45, 2.75) is 13.8 Å². The Kier molecular flexibility index (Phi) is 5.14. The Morgan fingerprint density at radius 2 is 1.77 bits per heavy atom. The molecule has 0 aliphatic rings. The van der Waals surface area contributed by atoms with Crippen LogP contribution in [0.2, 0.25) is 5.02 Å². The van der Waals surface area contributed by atoms with E-state index in [2.05, 4.69) is 10.9 Å². The number of nitrogens with one attached hydrogen (secondary N) is 2. The molecule has 7 heteroatoms. The first-order valence-electron chi connectivity index (χ1n) is 8.02. The number of hydrogen-bond acceptors (Lipinski definition) is 4. The molecule has 0 atom stereocenters. The van der Waals surface area contributed by atoms with Gasteiger partial charge in [-0.05, 0) is 44.2 Å². The van der Waals surface area contributed by atoms with E-state index in [4.69, 9.17) is 20.8 Å². The SMILES string of the molecule is CCOc1ccc(C(=O)NNC(=O)c2oc3c(Cl)cccc3c2C)cc1. The first kappa shape index (κ1) is 17.8. The van der Waals surface area contributed by atoms with E-state index in [0.29, 0.717) is 34.1 Å². The topological polar surface area (TPSA) is 80.6 Å². The number of ether oxygens (including phenoxy) is 1. The summed E-state index contributed by atoms with van der Waals surface area (Å²) in [7, 11) is 0. The standard InChI is InChI=1S/C19H17ClN2O4/c1-3-25-13-9-7-12(8-10-13)18(23)21-22-19(24)16-11(2)14-5-4-6-15(20)17(14)26-16/h4-10H,3H2,1-2H3,(H,21,23)(H,22,24). The highest BCUT2D eigenvalue weighted by Crippen LogP contribution is 2.30. The fraction of sp³-hybridized carbons (Fsp3) is 0.158. The molecule has 0 radical (unpaired) electrons. The number of para-hydroxylation sites is 1. The largest absolute Gasteiger partial charge is 0.494 e. The molecule has 1 heterocycles. The van der Waals surface area contributed by atoms with Crippen LogP contribution < -0.4 is 15.6 Å². The zero-order valence-corrected chi connectivity index (χ0v) is 15.0. The quantitative estimate of drug-likeness (QED) is 0.681. The van der Waals surface area contributed by atoms with Crippen molar-refractivity contribution in [3.05, 3.63) is 64.4 Å². The monoisotopic (exact) mass is 372 g/mol. The van der Waals surface area contributed by atoms with E-state index in [1.807, 2.05) is 13.0 Å². The van der Waals surface area contributed by atoms with Crippen LogP contribution in [0.1, 0.15) is 33.4 Å². The van der Waals surface area contributed by atoms with E-state index in [1.54, 1.807) is 43.3 Å². The van der Waals surface area contributed by atoms with Crippen molar-refractivity contribution in [3.63, 3.8) is 0 Å². The first-order chi connectivity index (χ1) is 12.5. The van der Waals surface area contributed by atoms with Crippen LogP contribution in [-0.2, 0) is 0 Å². The number of furan rings is 1. The number of halogens is 1. The Hall–Kier alpha value is -2.99. The van der Waals surface area contributed by atoms with E-state index in [0.717, 1.165) is 5.39 Å². The Balaban J connectivity index is 1.69. The van der Waals surface area contributed by atoms with Crippen LogP contribution >= 0.6 is 11.6 Å². The molecule has 0 saturated carbocycles. The highest BCUT2D eigenvalue weighted by Gasteiger charge is 2.19. The summed E-state index contributed by atoms with van der Waals surface area (Å²) in [6, 6.07) is 11.9. The molecule has 2 amide bonds. The second-order valence-electron chi connectivity index (χ2n) is 5.54. The van der Waals surface area contributed by atoms with Crippen molar-refractivity contribution in [2.75, 3.05) is 6.61 Å². The average Bonchev–Trinajstić information content (AvgIpc) is 2.99. The van der Waals surface area contributed by atoms with Gasteiger partial charge < -0.3 is 9.15 Å². The van der Waals surface area contributed by atoms with Gasteiger partial charge in [-0.15, -0.1) is 0 Å². The Bertz CT molecular complexity index is 964. The van der Waals surface area contributed by atoms with Gasteiger partial charge in [0.05, 0.1) is 11.6 Å². The molecule has 26 heavy (non-hydrogen) atoms. The second kappa shape index (κ2) is 7.49. The molecule has 0 bridgehead atoms. The third-order valence-corrected chi connectivity index (χ3v) is 4.14. The lowest BCUT2D eigenvalue weighted by Crippen LogP contribution is -2.41. The number of hydrogen-bond donors (Lipinski definition) is 2. The summed E-state index contributed by atoms with van der Waals surface area (Å²) in [5.74, 6) is -0.245. The molecule has 6 nitrogen and oxygen atoms in total. The molecule has 1 aromatic heterocycles. The van der Waals surface area contributed by atoms with Crippen molar-refractivity contribution in [1.29, 1.82) is 0 Å². The minimum Gasteiger partial charge on any atom is -0.494 e. The van der Waals surface area contributed by atoms with Crippen molar-refractivity contribution >= 4 is 34.4 Å². The molecule has 0 aliphatic heterocycles. The van der Waals surface area contributed by atoms with Crippen LogP contribution in [0.15, 0.2) is 46.9 Å². The van der Waals surface area contributed by atoms with Crippen LogP contribution in [0.25, 0.3) is 11.0 Å². The summed E-state index contributed by atoms with van der Waals surface area (Å²) in [5, 5.41) is 1.17. The molecule has 0 unspecified atom stereocenters. The van der Waals surface area contributed by atoms with E-state index in [-0.39, 0.29) is 5.76 Å². The van der Waals surface area contributed by atoms with E-state index in [9.17, 15) is 9.59 Å². The van der Waals surface area contributed by atoms with Gasteiger partial charge >= 0.3 is 5.91 Å². The van der Waals surface area contributed by atoms with E-state index in [1.165, 1.54) is 0 Å². The molecule has 0 spiro atoms. The zero-order chi connectivity index (χ0) is 18.7. The summed E-state index contributed by atoms with van der Waals surface area (Å²) in [4.78, 5) is 24.5. The third kappa shape index (κ3) is 3.50. The van der Waals surface area contributed by atoms with Crippen LogP contribution in [0.4, 0.5) is 0 Å². The minimum atomic E-state index is -0.561. The second-order valence-corrected chi connectivity index (χ2v) is 5.95. The third-order valence-electron chi connectivity index (χ3n) is 3.84. The molecule has 0 aliphatic carbocycles. The average molecular weight is 373 g/mol. The number of hydrazine groups is 1. The van der Waals surface area contributed by atoms with Gasteiger partial charge in [0.2, 0.25) is 0 Å². The molecular weight excluding hydrogens is 356 g/mol. The predicted octanol–water partition coefficient (Wildman–Crippen LogP) is 3.87. The molecule has 3 aromatic rings. The van der Waals surface area contributed by atoms with Gasteiger partial charge in [-0.3, -0.25) is 20.4 Å². The fourth-order valence-electron chi connectivity index (χ4n) is 2.54. The first-order valence-corrected chi connectivity index (χ1v) is 8.40. The molecule has 0 saturated heterocycles. The number of carbonyl (C=O) groups is 2. The number of carbonyl (C=O) groups excluding carboxylic acids is 2. The van der Waals surface area contributed by atoms with Crippen molar-refractivity contribution in [3.8, 4) is 5.75 Å². The number of aryl methyl sites for hydroxylation is 1. The number of amides is 2. The normalized spacial score (nSPS) is 10.6. The molecule has 3 rings (SSSR count). The van der Waals surface area contributed by atoms with Gasteiger partial charge in [-0.2, -0.15) is 0 Å². The van der Waals surface area contributed by atoms with Gasteiger partial charge in [-0.1, -0.05) is 23.7 Å².